The van der Waals surface area contributed by atoms with Crippen molar-refractivity contribution < 1.29 is 17.9 Å². The lowest BCUT2D eigenvalue weighted by atomic mass is 10.1. The molecule has 0 unspecified atom stereocenters. The molecule has 0 aliphatic heterocycles. The molecule has 0 atom stereocenters. The monoisotopic (exact) mass is 518 g/mol. The minimum atomic E-state index is -4.38. The Morgan fingerprint density at radius 1 is 0.868 bits per heavy atom. The van der Waals surface area contributed by atoms with E-state index in [1.807, 2.05) is 54.6 Å². The quantitative estimate of drug-likeness (QED) is 0.239. The SMILES string of the molecule is COc1ccc(CCNc2nc(Nc3ccccc3)nc3c2ncn3Cc2ccc(C(F)(F)F)cc2)cc1. The fourth-order valence-electron chi connectivity index (χ4n) is 4.00. The molecule has 5 aromatic rings. The van der Waals surface area contributed by atoms with Crippen molar-refractivity contribution in [3.8, 4) is 5.75 Å². The lowest BCUT2D eigenvalue weighted by Crippen LogP contribution is -2.10. The van der Waals surface area contributed by atoms with Gasteiger partial charge in [0.05, 0.1) is 25.5 Å². The second kappa shape index (κ2) is 10.8. The van der Waals surface area contributed by atoms with Crippen molar-refractivity contribution >= 4 is 28.6 Å². The molecule has 5 rings (SSSR count). The Bertz CT molecular complexity index is 1500. The van der Waals surface area contributed by atoms with Gasteiger partial charge in [-0.3, -0.25) is 0 Å². The zero-order chi connectivity index (χ0) is 26.5. The molecule has 10 heteroatoms. The Labute approximate surface area is 217 Å². The van der Waals surface area contributed by atoms with Crippen LogP contribution >= 0.6 is 0 Å². The van der Waals surface area contributed by atoms with Gasteiger partial charge in [0.1, 0.15) is 5.75 Å². The number of alkyl halides is 3. The van der Waals surface area contributed by atoms with Crippen LogP contribution in [-0.4, -0.2) is 33.2 Å². The molecular weight excluding hydrogens is 493 g/mol. The highest BCUT2D eigenvalue weighted by Crippen LogP contribution is 2.29. The summed E-state index contributed by atoms with van der Waals surface area (Å²) in [6.07, 6.45) is -2.00. The van der Waals surface area contributed by atoms with E-state index in [2.05, 4.69) is 25.6 Å². The Kier molecular flexibility index (Phi) is 7.12. The van der Waals surface area contributed by atoms with Crippen LogP contribution in [0.5, 0.6) is 5.75 Å². The first-order valence-corrected chi connectivity index (χ1v) is 12.0. The third kappa shape index (κ3) is 5.86. The van der Waals surface area contributed by atoms with E-state index >= 15 is 0 Å². The number of nitrogens with one attached hydrogen (secondary N) is 2. The first-order valence-electron chi connectivity index (χ1n) is 12.0. The van der Waals surface area contributed by atoms with Gasteiger partial charge in [-0.15, -0.1) is 0 Å². The van der Waals surface area contributed by atoms with Crippen LogP contribution in [0, 0.1) is 0 Å². The van der Waals surface area contributed by atoms with Crippen LogP contribution in [0.4, 0.5) is 30.6 Å². The lowest BCUT2D eigenvalue weighted by Gasteiger charge is -2.12. The number of anilines is 3. The Hall–Kier alpha value is -4.60. The summed E-state index contributed by atoms with van der Waals surface area (Å²) < 4.78 is 45.9. The molecule has 0 bridgehead atoms. The molecule has 0 spiro atoms. The maximum atomic E-state index is 13.0. The van der Waals surface area contributed by atoms with Crippen molar-refractivity contribution in [3.05, 3.63) is 102 Å². The van der Waals surface area contributed by atoms with E-state index in [1.165, 1.54) is 12.1 Å². The average molecular weight is 519 g/mol. The van der Waals surface area contributed by atoms with Gasteiger partial charge >= 0.3 is 6.18 Å². The molecule has 0 radical (unpaired) electrons. The van der Waals surface area contributed by atoms with E-state index in [4.69, 9.17) is 4.74 Å². The minimum Gasteiger partial charge on any atom is -0.497 e. The number of aromatic nitrogens is 4. The fraction of sp³-hybridized carbons (Fsp3) is 0.179. The van der Waals surface area contributed by atoms with E-state index in [0.717, 1.165) is 35.6 Å². The van der Waals surface area contributed by atoms with Gasteiger partial charge in [0.2, 0.25) is 5.95 Å². The number of imidazole rings is 1. The van der Waals surface area contributed by atoms with Crippen LogP contribution in [0.15, 0.2) is 85.2 Å². The molecule has 194 valence electrons. The van der Waals surface area contributed by atoms with Gasteiger partial charge in [-0.1, -0.05) is 42.5 Å². The van der Waals surface area contributed by atoms with Crippen molar-refractivity contribution in [2.45, 2.75) is 19.1 Å². The van der Waals surface area contributed by atoms with Crippen LogP contribution in [0.2, 0.25) is 0 Å². The van der Waals surface area contributed by atoms with Crippen molar-refractivity contribution in [1.82, 2.24) is 19.5 Å². The number of rotatable bonds is 9. The lowest BCUT2D eigenvalue weighted by molar-refractivity contribution is -0.137. The summed E-state index contributed by atoms with van der Waals surface area (Å²) in [5, 5.41) is 6.59. The molecule has 0 aliphatic carbocycles. The van der Waals surface area contributed by atoms with Crippen LogP contribution in [-0.2, 0) is 19.1 Å². The van der Waals surface area contributed by atoms with Gasteiger partial charge in [-0.2, -0.15) is 23.1 Å². The van der Waals surface area contributed by atoms with E-state index in [9.17, 15) is 13.2 Å². The molecule has 0 fully saturated rings. The third-order valence-corrected chi connectivity index (χ3v) is 5.99. The van der Waals surface area contributed by atoms with Crippen molar-refractivity contribution in [3.63, 3.8) is 0 Å². The fourth-order valence-corrected chi connectivity index (χ4v) is 4.00. The number of ether oxygens (including phenoxy) is 1. The summed E-state index contributed by atoms with van der Waals surface area (Å²) in [7, 11) is 1.63. The predicted molar refractivity (Wildman–Crippen MR) is 141 cm³/mol. The van der Waals surface area contributed by atoms with E-state index in [-0.39, 0.29) is 0 Å². The van der Waals surface area contributed by atoms with Gasteiger partial charge in [0, 0.05) is 12.2 Å². The summed E-state index contributed by atoms with van der Waals surface area (Å²) in [5.74, 6) is 1.74. The molecule has 0 amide bonds. The number of fused-ring (bicyclic) bond motifs is 1. The zero-order valence-electron chi connectivity index (χ0n) is 20.5. The Morgan fingerprint density at radius 2 is 1.58 bits per heavy atom. The van der Waals surface area contributed by atoms with Crippen LogP contribution < -0.4 is 15.4 Å². The van der Waals surface area contributed by atoms with E-state index in [0.29, 0.717) is 41.6 Å². The molecule has 7 nitrogen and oxygen atoms in total. The number of hydrogen-bond donors (Lipinski definition) is 2. The molecule has 2 aromatic heterocycles. The maximum Gasteiger partial charge on any atom is 0.416 e. The van der Waals surface area contributed by atoms with Crippen molar-refractivity contribution in [2.24, 2.45) is 0 Å². The minimum absolute atomic E-state index is 0.307. The summed E-state index contributed by atoms with van der Waals surface area (Å²) in [5.41, 5.74) is 3.11. The van der Waals surface area contributed by atoms with Crippen LogP contribution in [0.1, 0.15) is 16.7 Å². The number of hydrogen-bond acceptors (Lipinski definition) is 6. The highest BCUT2D eigenvalue weighted by molar-refractivity contribution is 5.84. The first kappa shape index (κ1) is 25.1. The normalized spacial score (nSPS) is 11.5. The van der Waals surface area contributed by atoms with E-state index in [1.54, 1.807) is 18.0 Å². The smallest absolute Gasteiger partial charge is 0.416 e. The van der Waals surface area contributed by atoms with E-state index < -0.39 is 11.7 Å². The summed E-state index contributed by atoms with van der Waals surface area (Å²) in [6.45, 7) is 0.913. The van der Waals surface area contributed by atoms with Gasteiger partial charge in [-0.05, 0) is 53.9 Å². The number of halogens is 3. The summed E-state index contributed by atoms with van der Waals surface area (Å²) in [4.78, 5) is 13.9. The largest absolute Gasteiger partial charge is 0.497 e. The van der Waals surface area contributed by atoms with Crippen molar-refractivity contribution in [1.29, 1.82) is 0 Å². The van der Waals surface area contributed by atoms with Gasteiger partial charge in [0.25, 0.3) is 0 Å². The number of methoxy groups -OCH3 is 1. The number of para-hydroxylation sites is 1. The molecule has 0 saturated carbocycles. The average Bonchev–Trinajstić information content (AvgIpc) is 3.32. The first-order chi connectivity index (χ1) is 18.4. The second-order valence-corrected chi connectivity index (χ2v) is 8.65. The number of nitrogens with zero attached hydrogens (tertiary/aromatic N) is 4. The Balaban J connectivity index is 1.41. The molecule has 38 heavy (non-hydrogen) atoms. The van der Waals surface area contributed by atoms with Crippen molar-refractivity contribution in [2.75, 3.05) is 24.3 Å². The molecule has 2 heterocycles. The Morgan fingerprint density at radius 3 is 2.26 bits per heavy atom. The standard InChI is InChI=1S/C28H25F3N6O/c1-38-23-13-9-19(10-14-23)15-16-32-25-24-26(36-27(35-25)34-22-5-3-2-4-6-22)37(18-33-24)17-20-7-11-21(12-8-20)28(29,30)31/h2-14,18H,15-17H2,1H3,(H2,32,34,35,36). The van der Waals surface area contributed by atoms with Gasteiger partial charge in [0.15, 0.2) is 17.0 Å². The molecular formula is C28H25F3N6O. The zero-order valence-corrected chi connectivity index (χ0v) is 20.5. The summed E-state index contributed by atoms with van der Waals surface area (Å²) >= 11 is 0. The van der Waals surface area contributed by atoms with Crippen LogP contribution in [0.3, 0.4) is 0 Å². The maximum absolute atomic E-state index is 13.0. The molecule has 0 aliphatic rings. The highest BCUT2D eigenvalue weighted by Gasteiger charge is 2.30. The van der Waals surface area contributed by atoms with Crippen LogP contribution in [0.25, 0.3) is 11.2 Å². The highest BCUT2D eigenvalue weighted by atomic mass is 19.4. The number of benzene rings is 3. The van der Waals surface area contributed by atoms with Gasteiger partial charge in [-0.25, -0.2) is 4.98 Å². The van der Waals surface area contributed by atoms with Gasteiger partial charge < -0.3 is 19.9 Å². The molecule has 2 N–H and O–H groups in total. The molecule has 3 aromatic carbocycles. The predicted octanol–water partition coefficient (Wildman–Crippen LogP) is 6.30. The topological polar surface area (TPSA) is 76.9 Å². The second-order valence-electron chi connectivity index (χ2n) is 8.65. The molecule has 0 saturated heterocycles. The summed E-state index contributed by atoms with van der Waals surface area (Å²) in [6, 6.07) is 22.5. The third-order valence-electron chi connectivity index (χ3n) is 5.99.